The van der Waals surface area contributed by atoms with Crippen LogP contribution in [0, 0.1) is 0 Å². The molecule has 110 valence electrons. The zero-order valence-corrected chi connectivity index (χ0v) is 11.8. The van der Waals surface area contributed by atoms with Crippen LogP contribution in [0.3, 0.4) is 0 Å². The van der Waals surface area contributed by atoms with Crippen molar-refractivity contribution < 1.29 is 19.4 Å². The van der Waals surface area contributed by atoms with Crippen molar-refractivity contribution in [2.45, 2.75) is 25.3 Å². The van der Waals surface area contributed by atoms with Crippen LogP contribution in [0.2, 0.25) is 0 Å². The normalized spacial score (nSPS) is 18.6. The first-order chi connectivity index (χ1) is 9.58. The zero-order valence-electron chi connectivity index (χ0n) is 11.1. The van der Waals surface area contributed by atoms with Gasteiger partial charge in [-0.1, -0.05) is 0 Å². The molecule has 0 aliphatic carbocycles. The molecule has 0 aromatic carbocycles. The largest absolute Gasteiger partial charge is 0.462 e. The highest BCUT2D eigenvalue weighted by Gasteiger charge is 2.34. The minimum atomic E-state index is -0.544. The molecule has 1 aliphatic heterocycles. The first kappa shape index (κ1) is 14.8. The average Bonchev–Trinajstić information content (AvgIpc) is 2.93. The van der Waals surface area contributed by atoms with Crippen molar-refractivity contribution in [3.8, 4) is 0 Å². The Balaban J connectivity index is 2.39. The molecule has 1 N–H and O–H groups in total. The lowest BCUT2D eigenvalue weighted by Crippen LogP contribution is -2.29. The van der Waals surface area contributed by atoms with Crippen LogP contribution in [0.15, 0.2) is 6.20 Å². The summed E-state index contributed by atoms with van der Waals surface area (Å²) in [6.07, 6.45) is 1.56. The smallest absolute Gasteiger partial charge is 0.343 e. The van der Waals surface area contributed by atoms with Crippen LogP contribution in [0.5, 0.6) is 0 Å². The van der Waals surface area contributed by atoms with Crippen molar-refractivity contribution >= 4 is 29.3 Å². The highest BCUT2D eigenvalue weighted by atomic mass is 35.5. The molecule has 1 aromatic heterocycles. The Morgan fingerprint density at radius 3 is 2.95 bits per heavy atom. The van der Waals surface area contributed by atoms with E-state index in [2.05, 4.69) is 5.10 Å². The van der Waals surface area contributed by atoms with Crippen molar-refractivity contribution in [2.75, 3.05) is 24.7 Å². The van der Waals surface area contributed by atoms with E-state index in [0.717, 1.165) is 0 Å². The molecule has 0 saturated carbocycles. The lowest BCUT2D eigenvalue weighted by atomic mass is 10.3. The van der Waals surface area contributed by atoms with Crippen molar-refractivity contribution in [3.05, 3.63) is 11.8 Å². The predicted molar refractivity (Wildman–Crippen MR) is 71.9 cm³/mol. The van der Waals surface area contributed by atoms with Gasteiger partial charge in [-0.2, -0.15) is 5.10 Å². The quantitative estimate of drug-likeness (QED) is 0.628. The number of carbonyl (C=O) groups is 2. The first-order valence-electron chi connectivity index (χ1n) is 6.36. The Morgan fingerprint density at radius 2 is 2.40 bits per heavy atom. The SMILES string of the molecule is CCOC(=O)c1cnn(CCO)c1N1CC(Cl)CC1=O. The van der Waals surface area contributed by atoms with Crippen molar-refractivity contribution in [3.63, 3.8) is 0 Å². The van der Waals surface area contributed by atoms with E-state index in [1.165, 1.54) is 15.8 Å². The second-order valence-corrected chi connectivity index (χ2v) is 4.97. The van der Waals surface area contributed by atoms with E-state index in [9.17, 15) is 9.59 Å². The fourth-order valence-electron chi connectivity index (χ4n) is 2.14. The summed E-state index contributed by atoms with van der Waals surface area (Å²) in [4.78, 5) is 25.3. The van der Waals surface area contributed by atoms with Gasteiger partial charge in [-0.15, -0.1) is 11.6 Å². The van der Waals surface area contributed by atoms with Gasteiger partial charge in [0.2, 0.25) is 5.91 Å². The van der Waals surface area contributed by atoms with Crippen LogP contribution < -0.4 is 4.90 Å². The first-order valence-corrected chi connectivity index (χ1v) is 6.80. The summed E-state index contributed by atoms with van der Waals surface area (Å²) in [7, 11) is 0. The molecule has 1 atom stereocenters. The van der Waals surface area contributed by atoms with Gasteiger partial charge >= 0.3 is 5.97 Å². The van der Waals surface area contributed by atoms with E-state index >= 15 is 0 Å². The Bertz CT molecular complexity index is 517. The number of nitrogens with zero attached hydrogens (tertiary/aromatic N) is 3. The highest BCUT2D eigenvalue weighted by Crippen LogP contribution is 2.28. The lowest BCUT2D eigenvalue weighted by molar-refractivity contribution is -0.117. The number of hydrogen-bond donors (Lipinski definition) is 1. The summed E-state index contributed by atoms with van der Waals surface area (Å²) in [5, 5.41) is 12.8. The van der Waals surface area contributed by atoms with Crippen LogP contribution >= 0.6 is 11.6 Å². The third kappa shape index (κ3) is 2.78. The average molecular weight is 302 g/mol. The summed E-state index contributed by atoms with van der Waals surface area (Å²) < 4.78 is 6.37. The highest BCUT2D eigenvalue weighted by molar-refractivity contribution is 6.24. The minimum Gasteiger partial charge on any atom is -0.462 e. The van der Waals surface area contributed by atoms with E-state index in [1.54, 1.807) is 6.92 Å². The molecule has 2 heterocycles. The van der Waals surface area contributed by atoms with Gasteiger partial charge in [-0.25, -0.2) is 9.48 Å². The molecule has 0 bridgehead atoms. The van der Waals surface area contributed by atoms with E-state index in [0.29, 0.717) is 12.4 Å². The standard InChI is InChI=1S/C12H16ClN3O4/c1-2-20-12(19)9-6-14-16(3-4-17)11(9)15-7-8(13)5-10(15)18/h6,8,17H,2-5,7H2,1H3. The van der Waals surface area contributed by atoms with Crippen molar-refractivity contribution in [2.24, 2.45) is 0 Å². The fraction of sp³-hybridized carbons (Fsp3) is 0.583. The number of halogens is 1. The van der Waals surface area contributed by atoms with Gasteiger partial charge in [0.15, 0.2) is 0 Å². The third-order valence-corrected chi connectivity index (χ3v) is 3.24. The van der Waals surface area contributed by atoms with E-state index in [-0.39, 0.29) is 43.0 Å². The van der Waals surface area contributed by atoms with E-state index < -0.39 is 5.97 Å². The van der Waals surface area contributed by atoms with Crippen LogP contribution in [0.1, 0.15) is 23.7 Å². The zero-order chi connectivity index (χ0) is 14.7. The maximum atomic E-state index is 12.0. The molecule has 1 aliphatic rings. The number of aromatic nitrogens is 2. The lowest BCUT2D eigenvalue weighted by Gasteiger charge is -2.18. The van der Waals surface area contributed by atoms with Gasteiger partial charge in [0.05, 0.1) is 31.3 Å². The molecule has 1 aromatic rings. The summed E-state index contributed by atoms with van der Waals surface area (Å²) in [6.45, 7) is 2.28. The van der Waals surface area contributed by atoms with E-state index in [4.69, 9.17) is 21.4 Å². The molecule has 0 radical (unpaired) electrons. The second kappa shape index (κ2) is 6.23. The number of hydrogen-bond acceptors (Lipinski definition) is 5. The molecule has 1 amide bonds. The van der Waals surface area contributed by atoms with Gasteiger partial charge in [0, 0.05) is 13.0 Å². The number of carbonyl (C=O) groups excluding carboxylic acids is 2. The molecule has 1 unspecified atom stereocenters. The molecule has 8 heteroatoms. The Labute approximate surface area is 121 Å². The van der Waals surface area contributed by atoms with Crippen molar-refractivity contribution in [1.82, 2.24) is 9.78 Å². The fourth-order valence-corrected chi connectivity index (χ4v) is 2.41. The minimum absolute atomic E-state index is 0.150. The number of ether oxygens (including phenoxy) is 1. The Morgan fingerprint density at radius 1 is 1.65 bits per heavy atom. The molecular weight excluding hydrogens is 286 g/mol. The summed E-state index contributed by atoms with van der Waals surface area (Å²) in [5.41, 5.74) is 0.208. The summed E-state index contributed by atoms with van der Waals surface area (Å²) in [5.74, 6) is -0.376. The number of aliphatic hydroxyl groups is 1. The maximum Gasteiger partial charge on any atom is 0.343 e. The molecule has 7 nitrogen and oxygen atoms in total. The number of esters is 1. The van der Waals surface area contributed by atoms with Gasteiger partial charge in [-0.3, -0.25) is 9.69 Å². The number of rotatable bonds is 5. The second-order valence-electron chi connectivity index (χ2n) is 4.35. The predicted octanol–water partition coefficient (Wildman–Crippen LogP) is 0.396. The van der Waals surface area contributed by atoms with Gasteiger partial charge in [0.25, 0.3) is 0 Å². The van der Waals surface area contributed by atoms with Crippen LogP contribution in [0.4, 0.5) is 5.82 Å². The van der Waals surface area contributed by atoms with Crippen molar-refractivity contribution in [1.29, 1.82) is 0 Å². The molecule has 1 saturated heterocycles. The van der Waals surface area contributed by atoms with E-state index in [1.807, 2.05) is 0 Å². The summed E-state index contributed by atoms with van der Waals surface area (Å²) >= 11 is 5.98. The molecule has 2 rings (SSSR count). The van der Waals surface area contributed by atoms with Gasteiger partial charge in [0.1, 0.15) is 11.4 Å². The molecule has 20 heavy (non-hydrogen) atoms. The van der Waals surface area contributed by atoms with Gasteiger partial charge in [-0.05, 0) is 6.92 Å². The Hall–Kier alpha value is -1.60. The monoisotopic (exact) mass is 301 g/mol. The van der Waals surface area contributed by atoms with Crippen LogP contribution in [-0.2, 0) is 16.1 Å². The number of aliphatic hydroxyl groups excluding tert-OH is 1. The van der Waals surface area contributed by atoms with Crippen LogP contribution in [-0.4, -0.2) is 51.9 Å². The molecule has 0 spiro atoms. The Kier molecular flexibility index (Phi) is 4.61. The third-order valence-electron chi connectivity index (χ3n) is 2.95. The van der Waals surface area contributed by atoms with Gasteiger partial charge < -0.3 is 9.84 Å². The number of alkyl halides is 1. The van der Waals surface area contributed by atoms with Crippen LogP contribution in [0.25, 0.3) is 0 Å². The number of amides is 1. The summed E-state index contributed by atoms with van der Waals surface area (Å²) in [6, 6.07) is 0. The molecular formula is C12H16ClN3O4. The number of anilines is 1. The topological polar surface area (TPSA) is 84.7 Å². The molecule has 1 fully saturated rings. The maximum absolute atomic E-state index is 12.0.